The molecule has 2 unspecified atom stereocenters. The molecule has 5 nitrogen and oxygen atoms in total. The van der Waals surface area contributed by atoms with Crippen LogP contribution in [0.25, 0.3) is 0 Å². The predicted octanol–water partition coefficient (Wildman–Crippen LogP) is 1.93. The van der Waals surface area contributed by atoms with Gasteiger partial charge in [-0.05, 0) is 31.2 Å². The first-order valence-corrected chi connectivity index (χ1v) is 7.74. The topological polar surface area (TPSA) is 59.9 Å². The molecule has 1 fully saturated rings. The summed E-state index contributed by atoms with van der Waals surface area (Å²) in [6, 6.07) is 3.96. The Morgan fingerprint density at radius 2 is 2.55 bits per heavy atom. The normalized spacial score (nSPS) is 29.1. The van der Waals surface area contributed by atoms with Crippen molar-refractivity contribution in [3.05, 3.63) is 22.4 Å². The molecule has 0 bridgehead atoms. The van der Waals surface area contributed by atoms with E-state index in [0.29, 0.717) is 13.0 Å². The summed E-state index contributed by atoms with van der Waals surface area (Å²) >= 11 is 1.60. The molecule has 3 rings (SSSR count). The summed E-state index contributed by atoms with van der Waals surface area (Å²) in [4.78, 5) is 18.7. The lowest BCUT2D eigenvalue weighted by Crippen LogP contribution is -2.46. The van der Waals surface area contributed by atoms with E-state index in [2.05, 4.69) is 10.5 Å². The maximum absolute atomic E-state index is 12.3. The first-order chi connectivity index (χ1) is 9.67. The molecule has 0 spiro atoms. The van der Waals surface area contributed by atoms with Gasteiger partial charge in [-0.3, -0.25) is 4.79 Å². The standard InChI is InChI=1S/C14H18N2O3S/c1-14(13(17)15-9-10-4-2-6-18-10)8-11(16-19-14)12-5-3-7-20-12/h3,5,7,10H,2,4,6,8-9H2,1H3,(H,15,17). The molecule has 0 aliphatic carbocycles. The van der Waals surface area contributed by atoms with E-state index >= 15 is 0 Å². The second kappa shape index (κ2) is 5.54. The van der Waals surface area contributed by atoms with E-state index in [4.69, 9.17) is 9.57 Å². The highest BCUT2D eigenvalue weighted by Gasteiger charge is 2.42. The van der Waals surface area contributed by atoms with Crippen LogP contribution in [0.15, 0.2) is 22.7 Å². The number of nitrogens with zero attached hydrogens (tertiary/aromatic N) is 1. The maximum Gasteiger partial charge on any atom is 0.267 e. The van der Waals surface area contributed by atoms with Gasteiger partial charge in [0.2, 0.25) is 5.60 Å². The van der Waals surface area contributed by atoms with Gasteiger partial charge in [-0.1, -0.05) is 11.2 Å². The smallest absolute Gasteiger partial charge is 0.267 e. The highest BCUT2D eigenvalue weighted by molar-refractivity contribution is 7.12. The zero-order valence-corrected chi connectivity index (χ0v) is 12.2. The van der Waals surface area contributed by atoms with Gasteiger partial charge in [-0.2, -0.15) is 0 Å². The fourth-order valence-electron chi connectivity index (χ4n) is 2.44. The van der Waals surface area contributed by atoms with Crippen LogP contribution >= 0.6 is 11.3 Å². The van der Waals surface area contributed by atoms with Gasteiger partial charge in [0.1, 0.15) is 5.71 Å². The number of thiophene rings is 1. The van der Waals surface area contributed by atoms with E-state index in [-0.39, 0.29) is 12.0 Å². The number of oxime groups is 1. The summed E-state index contributed by atoms with van der Waals surface area (Å²) in [5.41, 5.74) is -0.0625. The molecule has 6 heteroatoms. The van der Waals surface area contributed by atoms with Crippen LogP contribution in [0, 0.1) is 0 Å². The molecule has 1 aromatic rings. The molecule has 2 atom stereocenters. The van der Waals surface area contributed by atoms with Crippen LogP contribution in [0.3, 0.4) is 0 Å². The third-order valence-corrected chi connectivity index (χ3v) is 4.58. The van der Waals surface area contributed by atoms with Crippen molar-refractivity contribution >= 4 is 23.0 Å². The summed E-state index contributed by atoms with van der Waals surface area (Å²) in [6.07, 6.45) is 2.72. The van der Waals surface area contributed by atoms with Gasteiger partial charge in [-0.25, -0.2) is 0 Å². The van der Waals surface area contributed by atoms with Crippen molar-refractivity contribution in [1.29, 1.82) is 0 Å². The number of nitrogens with one attached hydrogen (secondary N) is 1. The highest BCUT2D eigenvalue weighted by Crippen LogP contribution is 2.28. The second-order valence-electron chi connectivity index (χ2n) is 5.36. The molecular weight excluding hydrogens is 276 g/mol. The molecule has 2 aliphatic rings. The Balaban J connectivity index is 1.55. The van der Waals surface area contributed by atoms with Gasteiger partial charge in [-0.15, -0.1) is 11.3 Å². The molecule has 1 saturated heterocycles. The molecule has 3 heterocycles. The highest BCUT2D eigenvalue weighted by atomic mass is 32.1. The van der Waals surface area contributed by atoms with Gasteiger partial charge in [0.05, 0.1) is 11.0 Å². The van der Waals surface area contributed by atoms with Crippen molar-refractivity contribution in [2.45, 2.75) is 37.9 Å². The molecule has 0 aromatic carbocycles. The number of ether oxygens (including phenoxy) is 1. The Kier molecular flexibility index (Phi) is 3.76. The Labute approximate surface area is 121 Å². The van der Waals surface area contributed by atoms with Crippen LogP contribution in [-0.4, -0.2) is 36.5 Å². The Bertz CT molecular complexity index is 508. The summed E-state index contributed by atoms with van der Waals surface area (Å²) < 4.78 is 5.50. The summed E-state index contributed by atoms with van der Waals surface area (Å²) in [6.45, 7) is 3.12. The largest absolute Gasteiger partial charge is 0.379 e. The van der Waals surface area contributed by atoms with Crippen LogP contribution in [-0.2, 0) is 14.4 Å². The van der Waals surface area contributed by atoms with Gasteiger partial charge in [0, 0.05) is 19.6 Å². The van der Waals surface area contributed by atoms with Crippen LogP contribution in [0.4, 0.5) is 0 Å². The second-order valence-corrected chi connectivity index (χ2v) is 6.31. The maximum atomic E-state index is 12.3. The lowest BCUT2D eigenvalue weighted by molar-refractivity contribution is -0.142. The molecule has 0 radical (unpaired) electrons. The molecule has 2 aliphatic heterocycles. The van der Waals surface area contributed by atoms with Crippen molar-refractivity contribution in [1.82, 2.24) is 5.32 Å². The fourth-order valence-corrected chi connectivity index (χ4v) is 3.14. The Hall–Kier alpha value is -1.40. The van der Waals surface area contributed by atoms with E-state index in [9.17, 15) is 4.79 Å². The monoisotopic (exact) mass is 294 g/mol. The molecule has 0 saturated carbocycles. The number of carbonyl (C=O) groups is 1. The third kappa shape index (κ3) is 2.71. The zero-order chi connectivity index (χ0) is 14.0. The minimum absolute atomic E-state index is 0.122. The first kappa shape index (κ1) is 13.6. The van der Waals surface area contributed by atoms with Crippen LogP contribution in [0.5, 0.6) is 0 Å². The SMILES string of the molecule is CC1(C(=O)NCC2CCCO2)CC(c2cccs2)=NO1. The number of hydrogen-bond acceptors (Lipinski definition) is 5. The van der Waals surface area contributed by atoms with Gasteiger partial charge >= 0.3 is 0 Å². The fraction of sp³-hybridized carbons (Fsp3) is 0.571. The molecule has 1 amide bonds. The van der Waals surface area contributed by atoms with E-state index < -0.39 is 5.60 Å². The van der Waals surface area contributed by atoms with Crippen molar-refractivity contribution in [3.8, 4) is 0 Å². The van der Waals surface area contributed by atoms with E-state index in [1.54, 1.807) is 18.3 Å². The molecule has 20 heavy (non-hydrogen) atoms. The average Bonchev–Trinajstić information content (AvgIpc) is 3.17. The predicted molar refractivity (Wildman–Crippen MR) is 76.9 cm³/mol. The van der Waals surface area contributed by atoms with Gasteiger partial charge in [0.25, 0.3) is 5.91 Å². The molecule has 1 aromatic heterocycles. The van der Waals surface area contributed by atoms with Gasteiger partial charge < -0.3 is 14.9 Å². The van der Waals surface area contributed by atoms with Crippen LogP contribution in [0.1, 0.15) is 31.1 Å². The first-order valence-electron chi connectivity index (χ1n) is 6.86. The lowest BCUT2D eigenvalue weighted by atomic mass is 9.98. The van der Waals surface area contributed by atoms with Crippen LogP contribution < -0.4 is 5.32 Å². The lowest BCUT2D eigenvalue weighted by Gasteiger charge is -2.21. The minimum Gasteiger partial charge on any atom is -0.379 e. The quantitative estimate of drug-likeness (QED) is 0.923. The van der Waals surface area contributed by atoms with E-state index in [0.717, 1.165) is 30.0 Å². The summed E-state index contributed by atoms with van der Waals surface area (Å²) in [7, 11) is 0. The number of amides is 1. The average molecular weight is 294 g/mol. The summed E-state index contributed by atoms with van der Waals surface area (Å²) in [5.74, 6) is -0.122. The van der Waals surface area contributed by atoms with E-state index in [1.165, 1.54) is 0 Å². The number of hydrogen-bond donors (Lipinski definition) is 1. The summed E-state index contributed by atoms with van der Waals surface area (Å²) in [5, 5.41) is 8.97. The third-order valence-electron chi connectivity index (χ3n) is 3.66. The minimum atomic E-state index is -0.905. The van der Waals surface area contributed by atoms with E-state index in [1.807, 2.05) is 17.5 Å². The molecule has 1 N–H and O–H groups in total. The van der Waals surface area contributed by atoms with Crippen molar-refractivity contribution < 1.29 is 14.4 Å². The number of carbonyl (C=O) groups excluding carboxylic acids is 1. The Morgan fingerprint density at radius 3 is 3.25 bits per heavy atom. The molecule has 108 valence electrons. The Morgan fingerprint density at radius 1 is 1.65 bits per heavy atom. The zero-order valence-electron chi connectivity index (χ0n) is 11.4. The van der Waals surface area contributed by atoms with Crippen molar-refractivity contribution in [2.24, 2.45) is 5.16 Å². The van der Waals surface area contributed by atoms with Gasteiger partial charge in [0.15, 0.2) is 0 Å². The molecular formula is C14H18N2O3S. The van der Waals surface area contributed by atoms with Crippen molar-refractivity contribution in [3.63, 3.8) is 0 Å². The van der Waals surface area contributed by atoms with Crippen molar-refractivity contribution in [2.75, 3.05) is 13.2 Å². The van der Waals surface area contributed by atoms with Crippen LogP contribution in [0.2, 0.25) is 0 Å². The number of rotatable bonds is 4.